The summed E-state index contributed by atoms with van der Waals surface area (Å²) in [6, 6.07) is 3.64. The van der Waals surface area contributed by atoms with Gasteiger partial charge in [0.05, 0.1) is 12.7 Å². The molecule has 62 valence electrons. The SMILES string of the molecule is COc1cc(C)c(C#N)c(Cl)n1. The van der Waals surface area contributed by atoms with E-state index in [4.69, 9.17) is 21.6 Å². The maximum atomic E-state index is 8.65. The Labute approximate surface area is 75.6 Å². The van der Waals surface area contributed by atoms with Crippen LogP contribution in [0, 0.1) is 18.3 Å². The second-order valence-corrected chi connectivity index (χ2v) is 2.62. The summed E-state index contributed by atoms with van der Waals surface area (Å²) in [4.78, 5) is 3.84. The minimum absolute atomic E-state index is 0.189. The van der Waals surface area contributed by atoms with E-state index in [9.17, 15) is 0 Å². The molecule has 12 heavy (non-hydrogen) atoms. The molecule has 0 bridgehead atoms. The van der Waals surface area contributed by atoms with Crippen LogP contribution in [0.2, 0.25) is 5.15 Å². The summed E-state index contributed by atoms with van der Waals surface area (Å²) in [6.07, 6.45) is 0. The van der Waals surface area contributed by atoms with Gasteiger partial charge < -0.3 is 4.74 Å². The summed E-state index contributed by atoms with van der Waals surface area (Å²) in [7, 11) is 1.50. The fourth-order valence-corrected chi connectivity index (χ4v) is 1.12. The van der Waals surface area contributed by atoms with Crippen molar-refractivity contribution in [3.05, 3.63) is 22.3 Å². The number of nitrogens with zero attached hydrogens (tertiary/aromatic N) is 2. The Bertz CT molecular complexity index is 320. The molecule has 0 amide bonds. The van der Waals surface area contributed by atoms with Gasteiger partial charge >= 0.3 is 0 Å². The number of halogens is 1. The first-order chi connectivity index (χ1) is 5.69. The van der Waals surface area contributed by atoms with Gasteiger partial charge in [0.25, 0.3) is 0 Å². The van der Waals surface area contributed by atoms with Crippen molar-refractivity contribution in [3.8, 4) is 11.9 Å². The van der Waals surface area contributed by atoms with Crippen molar-refractivity contribution in [3.63, 3.8) is 0 Å². The molecular formula is C8H7ClN2O. The minimum Gasteiger partial charge on any atom is -0.481 e. The van der Waals surface area contributed by atoms with E-state index in [-0.39, 0.29) is 5.15 Å². The third kappa shape index (κ3) is 1.49. The van der Waals surface area contributed by atoms with Gasteiger partial charge in [-0.2, -0.15) is 5.26 Å². The van der Waals surface area contributed by atoms with Gasteiger partial charge in [-0.05, 0) is 12.5 Å². The van der Waals surface area contributed by atoms with Gasteiger partial charge in [0.1, 0.15) is 6.07 Å². The Morgan fingerprint density at radius 3 is 2.75 bits per heavy atom. The van der Waals surface area contributed by atoms with Gasteiger partial charge in [0, 0.05) is 6.07 Å². The molecule has 1 heterocycles. The molecule has 0 saturated carbocycles. The van der Waals surface area contributed by atoms with Crippen LogP contribution in [-0.2, 0) is 0 Å². The van der Waals surface area contributed by atoms with Crippen molar-refractivity contribution in [2.45, 2.75) is 6.92 Å². The first-order valence-electron chi connectivity index (χ1n) is 3.30. The average Bonchev–Trinajstić information content (AvgIpc) is 2.03. The monoisotopic (exact) mass is 182 g/mol. The highest BCUT2D eigenvalue weighted by Crippen LogP contribution is 2.20. The molecule has 0 aliphatic carbocycles. The molecule has 0 saturated heterocycles. The normalized spacial score (nSPS) is 9.17. The number of nitriles is 1. The van der Waals surface area contributed by atoms with Crippen molar-refractivity contribution >= 4 is 11.6 Å². The van der Waals surface area contributed by atoms with Crippen molar-refractivity contribution in [2.24, 2.45) is 0 Å². The van der Waals surface area contributed by atoms with Crippen molar-refractivity contribution in [1.29, 1.82) is 5.26 Å². The number of hydrogen-bond donors (Lipinski definition) is 0. The number of ether oxygens (including phenoxy) is 1. The molecule has 1 aromatic heterocycles. The topological polar surface area (TPSA) is 45.9 Å². The van der Waals surface area contributed by atoms with E-state index in [0.29, 0.717) is 11.4 Å². The fourth-order valence-electron chi connectivity index (χ4n) is 0.844. The molecule has 0 atom stereocenters. The molecular weight excluding hydrogens is 176 g/mol. The molecule has 0 N–H and O–H groups in total. The van der Waals surface area contributed by atoms with Gasteiger partial charge in [-0.25, -0.2) is 4.98 Å². The van der Waals surface area contributed by atoms with Crippen molar-refractivity contribution < 1.29 is 4.74 Å². The molecule has 0 aliphatic heterocycles. The van der Waals surface area contributed by atoms with Crippen LogP contribution in [0.3, 0.4) is 0 Å². The van der Waals surface area contributed by atoms with Gasteiger partial charge in [-0.1, -0.05) is 11.6 Å². The van der Waals surface area contributed by atoms with Crippen LogP contribution in [0.25, 0.3) is 0 Å². The summed E-state index contributed by atoms with van der Waals surface area (Å²) < 4.78 is 4.87. The Hall–Kier alpha value is -1.27. The van der Waals surface area contributed by atoms with Gasteiger partial charge in [-0.3, -0.25) is 0 Å². The highest BCUT2D eigenvalue weighted by Gasteiger charge is 2.06. The van der Waals surface area contributed by atoms with E-state index in [0.717, 1.165) is 5.56 Å². The number of aryl methyl sites for hydroxylation is 1. The molecule has 3 nitrogen and oxygen atoms in total. The Morgan fingerprint density at radius 2 is 2.33 bits per heavy atom. The number of pyridine rings is 1. The lowest BCUT2D eigenvalue weighted by Crippen LogP contribution is -1.92. The third-order valence-electron chi connectivity index (χ3n) is 1.47. The van der Waals surface area contributed by atoms with Crippen LogP contribution in [0.5, 0.6) is 5.88 Å². The van der Waals surface area contributed by atoms with E-state index in [1.165, 1.54) is 7.11 Å². The van der Waals surface area contributed by atoms with Gasteiger partial charge in [0.2, 0.25) is 5.88 Å². The Morgan fingerprint density at radius 1 is 1.67 bits per heavy atom. The zero-order valence-corrected chi connectivity index (χ0v) is 7.51. The summed E-state index contributed by atoms with van der Waals surface area (Å²) in [6.45, 7) is 1.79. The molecule has 4 heteroatoms. The van der Waals surface area contributed by atoms with Crippen LogP contribution in [-0.4, -0.2) is 12.1 Å². The molecule has 1 aromatic rings. The van der Waals surface area contributed by atoms with Crippen molar-refractivity contribution in [2.75, 3.05) is 7.11 Å². The first-order valence-corrected chi connectivity index (χ1v) is 3.68. The zero-order valence-electron chi connectivity index (χ0n) is 6.76. The smallest absolute Gasteiger partial charge is 0.214 e. The van der Waals surface area contributed by atoms with E-state index in [1.54, 1.807) is 13.0 Å². The molecule has 0 spiro atoms. The standard InChI is InChI=1S/C8H7ClN2O/c1-5-3-7(12-2)11-8(9)6(5)4-10/h3H,1-2H3. The maximum Gasteiger partial charge on any atom is 0.214 e. The van der Waals surface area contributed by atoms with E-state index >= 15 is 0 Å². The summed E-state index contributed by atoms with van der Waals surface area (Å²) >= 11 is 5.70. The molecule has 1 rings (SSSR count). The minimum atomic E-state index is 0.189. The second-order valence-electron chi connectivity index (χ2n) is 2.26. The fraction of sp³-hybridized carbons (Fsp3) is 0.250. The predicted octanol–water partition coefficient (Wildman–Crippen LogP) is 1.92. The number of aromatic nitrogens is 1. The van der Waals surface area contributed by atoms with Gasteiger partial charge in [0.15, 0.2) is 5.15 Å². The quantitative estimate of drug-likeness (QED) is 0.624. The van der Waals surface area contributed by atoms with Crippen molar-refractivity contribution in [1.82, 2.24) is 4.98 Å². The molecule has 0 unspecified atom stereocenters. The van der Waals surface area contributed by atoms with Crippen LogP contribution in [0.15, 0.2) is 6.07 Å². The highest BCUT2D eigenvalue weighted by molar-refractivity contribution is 6.30. The largest absolute Gasteiger partial charge is 0.481 e. The lowest BCUT2D eigenvalue weighted by atomic mass is 10.2. The van der Waals surface area contributed by atoms with Gasteiger partial charge in [-0.15, -0.1) is 0 Å². The number of hydrogen-bond acceptors (Lipinski definition) is 3. The predicted molar refractivity (Wildman–Crippen MR) is 45.3 cm³/mol. The van der Waals surface area contributed by atoms with Crippen LogP contribution in [0.4, 0.5) is 0 Å². The molecule has 0 aliphatic rings. The average molecular weight is 183 g/mol. The van der Waals surface area contributed by atoms with E-state index < -0.39 is 0 Å². The zero-order chi connectivity index (χ0) is 9.14. The maximum absolute atomic E-state index is 8.65. The lowest BCUT2D eigenvalue weighted by Gasteiger charge is -2.02. The lowest BCUT2D eigenvalue weighted by molar-refractivity contribution is 0.397. The summed E-state index contributed by atoms with van der Waals surface area (Å²) in [5.74, 6) is 0.427. The van der Waals surface area contributed by atoms with Crippen LogP contribution in [0.1, 0.15) is 11.1 Å². The molecule has 0 radical (unpaired) electrons. The number of rotatable bonds is 1. The van der Waals surface area contributed by atoms with Crippen LogP contribution < -0.4 is 4.74 Å². The first kappa shape index (κ1) is 8.82. The van der Waals surface area contributed by atoms with Crippen LogP contribution >= 0.6 is 11.6 Å². The van der Waals surface area contributed by atoms with E-state index in [1.807, 2.05) is 6.07 Å². The molecule has 0 fully saturated rings. The summed E-state index contributed by atoms with van der Waals surface area (Å²) in [5.41, 5.74) is 1.17. The second kappa shape index (κ2) is 3.42. The summed E-state index contributed by atoms with van der Waals surface area (Å²) in [5, 5.41) is 8.84. The Balaban J connectivity index is 3.30. The highest BCUT2D eigenvalue weighted by atomic mass is 35.5. The third-order valence-corrected chi connectivity index (χ3v) is 1.74. The molecule has 0 aromatic carbocycles. The van der Waals surface area contributed by atoms with E-state index in [2.05, 4.69) is 4.98 Å². The number of methoxy groups -OCH3 is 1. The Kier molecular flexibility index (Phi) is 2.51.